The van der Waals surface area contributed by atoms with Crippen molar-refractivity contribution in [3.63, 3.8) is 0 Å². The molecular formula is C16H23ClO. The highest BCUT2D eigenvalue weighted by Crippen LogP contribution is 2.35. The zero-order valence-electron chi connectivity index (χ0n) is 11.4. The van der Waals surface area contributed by atoms with E-state index < -0.39 is 0 Å². The highest BCUT2D eigenvalue weighted by Gasteiger charge is 2.30. The molecule has 1 aliphatic carbocycles. The fourth-order valence-corrected chi connectivity index (χ4v) is 3.09. The summed E-state index contributed by atoms with van der Waals surface area (Å²) >= 11 is 6.45. The summed E-state index contributed by atoms with van der Waals surface area (Å²) in [6.45, 7) is 5.02. The standard InChI is InChI=1S/C16H23ClO/c1-3-18-16-10-14(11-16)9-15(17)8-13-6-4-12(2)5-7-13/h4-7,14-16H,3,8-11H2,1-2H3. The van der Waals surface area contributed by atoms with Gasteiger partial charge in [0.25, 0.3) is 0 Å². The van der Waals surface area contributed by atoms with Crippen LogP contribution in [0.5, 0.6) is 0 Å². The van der Waals surface area contributed by atoms with E-state index in [-0.39, 0.29) is 5.38 Å². The van der Waals surface area contributed by atoms with Crippen LogP contribution in [0.1, 0.15) is 37.3 Å². The van der Waals surface area contributed by atoms with E-state index in [9.17, 15) is 0 Å². The van der Waals surface area contributed by atoms with Crippen LogP contribution in [0.25, 0.3) is 0 Å². The molecule has 0 aliphatic heterocycles. The normalized spacial score (nSPS) is 24.6. The summed E-state index contributed by atoms with van der Waals surface area (Å²) in [6, 6.07) is 8.70. The van der Waals surface area contributed by atoms with E-state index in [2.05, 4.69) is 38.1 Å². The van der Waals surface area contributed by atoms with Crippen molar-refractivity contribution >= 4 is 11.6 Å². The second kappa shape index (κ2) is 6.58. The first-order valence-electron chi connectivity index (χ1n) is 6.98. The number of alkyl halides is 1. The summed E-state index contributed by atoms with van der Waals surface area (Å²) in [6.07, 6.45) is 5.01. The lowest BCUT2D eigenvalue weighted by atomic mass is 9.78. The summed E-state index contributed by atoms with van der Waals surface area (Å²) in [7, 11) is 0. The Balaban J connectivity index is 1.70. The van der Waals surface area contributed by atoms with Gasteiger partial charge in [0.05, 0.1) is 6.10 Å². The van der Waals surface area contributed by atoms with Crippen molar-refractivity contribution < 1.29 is 4.74 Å². The van der Waals surface area contributed by atoms with Crippen LogP contribution >= 0.6 is 11.6 Å². The average Bonchev–Trinajstić information content (AvgIpc) is 2.29. The lowest BCUT2D eigenvalue weighted by Crippen LogP contribution is -2.33. The van der Waals surface area contributed by atoms with E-state index in [4.69, 9.17) is 16.3 Å². The van der Waals surface area contributed by atoms with Gasteiger partial charge in [0, 0.05) is 12.0 Å². The van der Waals surface area contributed by atoms with E-state index in [0.29, 0.717) is 6.10 Å². The summed E-state index contributed by atoms with van der Waals surface area (Å²) in [5, 5.41) is 0.264. The van der Waals surface area contributed by atoms with Gasteiger partial charge in [-0.05, 0) is 51.0 Å². The Bertz CT molecular complexity index is 354. The topological polar surface area (TPSA) is 9.23 Å². The van der Waals surface area contributed by atoms with E-state index in [0.717, 1.165) is 25.4 Å². The van der Waals surface area contributed by atoms with Crippen molar-refractivity contribution in [2.24, 2.45) is 5.92 Å². The molecule has 0 amide bonds. The molecule has 1 nitrogen and oxygen atoms in total. The number of hydrogen-bond acceptors (Lipinski definition) is 1. The molecule has 2 heteroatoms. The van der Waals surface area contributed by atoms with Crippen molar-refractivity contribution in [3.8, 4) is 0 Å². The van der Waals surface area contributed by atoms with Crippen LogP contribution in [0.4, 0.5) is 0 Å². The molecule has 1 saturated carbocycles. The number of hydrogen-bond donors (Lipinski definition) is 0. The number of rotatable bonds is 6. The second-order valence-corrected chi connectivity index (χ2v) is 6.05. The summed E-state index contributed by atoms with van der Waals surface area (Å²) in [5.74, 6) is 0.773. The Morgan fingerprint density at radius 1 is 1.28 bits per heavy atom. The number of benzene rings is 1. The Kier molecular flexibility index (Phi) is 5.08. The average molecular weight is 267 g/mol. The molecule has 0 radical (unpaired) electrons. The first kappa shape index (κ1) is 13.9. The SMILES string of the molecule is CCOC1CC(CC(Cl)Cc2ccc(C)cc2)C1. The van der Waals surface area contributed by atoms with Crippen LogP contribution < -0.4 is 0 Å². The van der Waals surface area contributed by atoms with E-state index in [1.807, 2.05) is 0 Å². The van der Waals surface area contributed by atoms with Crippen LogP contribution in [-0.4, -0.2) is 18.1 Å². The van der Waals surface area contributed by atoms with Crippen LogP contribution in [0.2, 0.25) is 0 Å². The molecule has 2 rings (SSSR count). The maximum atomic E-state index is 6.45. The summed E-state index contributed by atoms with van der Waals surface area (Å²) in [4.78, 5) is 0. The zero-order chi connectivity index (χ0) is 13.0. The van der Waals surface area contributed by atoms with Gasteiger partial charge in [-0.2, -0.15) is 0 Å². The number of ether oxygens (including phenoxy) is 1. The third-order valence-corrected chi connectivity index (χ3v) is 4.09. The van der Waals surface area contributed by atoms with Crippen molar-refractivity contribution in [2.75, 3.05) is 6.61 Å². The maximum Gasteiger partial charge on any atom is 0.0580 e. The fraction of sp³-hybridized carbons (Fsp3) is 0.625. The molecule has 1 aromatic rings. The molecule has 0 N–H and O–H groups in total. The van der Waals surface area contributed by atoms with Gasteiger partial charge in [-0.15, -0.1) is 11.6 Å². The number of halogens is 1. The van der Waals surface area contributed by atoms with E-state index in [1.54, 1.807) is 0 Å². The first-order valence-corrected chi connectivity index (χ1v) is 7.42. The van der Waals surface area contributed by atoms with E-state index >= 15 is 0 Å². The molecular weight excluding hydrogens is 244 g/mol. The Hall–Kier alpha value is -0.530. The molecule has 0 bridgehead atoms. The van der Waals surface area contributed by atoms with Gasteiger partial charge < -0.3 is 4.74 Å². The maximum absolute atomic E-state index is 6.45. The Morgan fingerprint density at radius 2 is 1.94 bits per heavy atom. The largest absolute Gasteiger partial charge is 0.378 e. The molecule has 0 spiro atoms. The van der Waals surface area contributed by atoms with Gasteiger partial charge >= 0.3 is 0 Å². The summed E-state index contributed by atoms with van der Waals surface area (Å²) in [5.41, 5.74) is 2.66. The van der Waals surface area contributed by atoms with Gasteiger partial charge in [-0.1, -0.05) is 29.8 Å². The molecule has 1 fully saturated rings. The minimum Gasteiger partial charge on any atom is -0.378 e. The van der Waals surface area contributed by atoms with Crippen LogP contribution in [-0.2, 0) is 11.2 Å². The smallest absolute Gasteiger partial charge is 0.0580 e. The molecule has 0 heterocycles. The molecule has 100 valence electrons. The highest BCUT2D eigenvalue weighted by atomic mass is 35.5. The fourth-order valence-electron chi connectivity index (χ4n) is 2.66. The summed E-state index contributed by atoms with van der Waals surface area (Å²) < 4.78 is 5.58. The van der Waals surface area contributed by atoms with Crippen molar-refractivity contribution in [2.45, 2.75) is 51.0 Å². The lowest BCUT2D eigenvalue weighted by Gasteiger charge is -2.36. The third-order valence-electron chi connectivity index (χ3n) is 3.76. The van der Waals surface area contributed by atoms with Gasteiger partial charge in [0.2, 0.25) is 0 Å². The van der Waals surface area contributed by atoms with Gasteiger partial charge in [0.15, 0.2) is 0 Å². The molecule has 1 aromatic carbocycles. The molecule has 0 aromatic heterocycles. The van der Waals surface area contributed by atoms with Crippen LogP contribution in [0.15, 0.2) is 24.3 Å². The zero-order valence-corrected chi connectivity index (χ0v) is 12.1. The molecule has 1 aliphatic rings. The molecule has 0 saturated heterocycles. The minimum atomic E-state index is 0.264. The van der Waals surface area contributed by atoms with Crippen molar-refractivity contribution in [1.82, 2.24) is 0 Å². The lowest BCUT2D eigenvalue weighted by molar-refractivity contribution is -0.0266. The third kappa shape index (κ3) is 4.00. The van der Waals surface area contributed by atoms with E-state index in [1.165, 1.54) is 24.0 Å². The first-order chi connectivity index (χ1) is 8.67. The predicted molar refractivity (Wildman–Crippen MR) is 77.3 cm³/mol. The Morgan fingerprint density at radius 3 is 2.56 bits per heavy atom. The van der Waals surface area contributed by atoms with Gasteiger partial charge in [-0.3, -0.25) is 0 Å². The van der Waals surface area contributed by atoms with Crippen LogP contribution in [0.3, 0.4) is 0 Å². The second-order valence-electron chi connectivity index (χ2n) is 5.44. The Labute approximate surface area is 115 Å². The van der Waals surface area contributed by atoms with Gasteiger partial charge in [-0.25, -0.2) is 0 Å². The van der Waals surface area contributed by atoms with Crippen molar-refractivity contribution in [1.29, 1.82) is 0 Å². The molecule has 18 heavy (non-hydrogen) atoms. The van der Waals surface area contributed by atoms with Gasteiger partial charge in [0.1, 0.15) is 0 Å². The molecule has 1 unspecified atom stereocenters. The van der Waals surface area contributed by atoms with Crippen molar-refractivity contribution in [3.05, 3.63) is 35.4 Å². The van der Waals surface area contributed by atoms with Crippen LogP contribution in [0, 0.1) is 12.8 Å². The highest BCUT2D eigenvalue weighted by molar-refractivity contribution is 6.20. The predicted octanol–water partition coefficient (Wildman–Crippen LogP) is 4.35. The monoisotopic (exact) mass is 266 g/mol. The number of aryl methyl sites for hydroxylation is 1. The quantitative estimate of drug-likeness (QED) is 0.696. The molecule has 1 atom stereocenters. The minimum absolute atomic E-state index is 0.264.